The lowest BCUT2D eigenvalue weighted by atomic mass is 10.0. The monoisotopic (exact) mass is 239 g/mol. The summed E-state index contributed by atoms with van der Waals surface area (Å²) in [7, 11) is 0. The van der Waals surface area contributed by atoms with Crippen LogP contribution in [0.3, 0.4) is 0 Å². The van der Waals surface area contributed by atoms with Crippen molar-refractivity contribution < 1.29 is 19.4 Å². The van der Waals surface area contributed by atoms with E-state index in [9.17, 15) is 9.59 Å². The highest BCUT2D eigenvalue weighted by Gasteiger charge is 2.33. The molecular weight excluding hydrogens is 222 g/mol. The van der Waals surface area contributed by atoms with Crippen LogP contribution in [-0.4, -0.2) is 47.7 Å². The molecule has 2 aliphatic rings. The summed E-state index contributed by atoms with van der Waals surface area (Å²) in [4.78, 5) is 24.5. The fraction of sp³-hybridized carbons (Fsp3) is 0.667. The van der Waals surface area contributed by atoms with Gasteiger partial charge in [-0.1, -0.05) is 12.2 Å². The largest absolute Gasteiger partial charge is 0.480 e. The molecule has 0 saturated carbocycles. The van der Waals surface area contributed by atoms with Crippen molar-refractivity contribution in [3.63, 3.8) is 0 Å². The summed E-state index contributed by atoms with van der Waals surface area (Å²) in [6, 6.07) is -0.818. The van der Waals surface area contributed by atoms with E-state index in [1.54, 1.807) is 0 Å². The lowest BCUT2D eigenvalue weighted by Gasteiger charge is -2.33. The molecule has 17 heavy (non-hydrogen) atoms. The average Bonchev–Trinajstić information content (AvgIpc) is 2.81. The molecule has 5 nitrogen and oxygen atoms in total. The number of carboxylic acid groups (broad SMARTS) is 1. The van der Waals surface area contributed by atoms with Crippen LogP contribution in [0.1, 0.15) is 19.3 Å². The summed E-state index contributed by atoms with van der Waals surface area (Å²) < 4.78 is 5.11. The summed E-state index contributed by atoms with van der Waals surface area (Å²) in [6.45, 7) is 0.907. The van der Waals surface area contributed by atoms with Gasteiger partial charge >= 0.3 is 5.97 Å². The van der Waals surface area contributed by atoms with E-state index in [2.05, 4.69) is 6.08 Å². The quantitative estimate of drug-likeness (QED) is 0.734. The third kappa shape index (κ3) is 2.85. The van der Waals surface area contributed by atoms with Gasteiger partial charge in [-0.3, -0.25) is 4.79 Å². The maximum absolute atomic E-state index is 12.0. The molecule has 0 aromatic heterocycles. The lowest BCUT2D eigenvalue weighted by Crippen LogP contribution is -2.52. The molecule has 1 heterocycles. The zero-order valence-corrected chi connectivity index (χ0v) is 9.67. The summed E-state index contributed by atoms with van der Waals surface area (Å²) in [5, 5.41) is 9.03. The first kappa shape index (κ1) is 12.1. The first-order chi connectivity index (χ1) is 8.18. The normalized spacial score (nSPS) is 28.4. The molecule has 0 aromatic carbocycles. The van der Waals surface area contributed by atoms with Gasteiger partial charge in [-0.15, -0.1) is 0 Å². The second-order valence-corrected chi connectivity index (χ2v) is 4.49. The van der Waals surface area contributed by atoms with Crippen LogP contribution < -0.4 is 0 Å². The van der Waals surface area contributed by atoms with Crippen molar-refractivity contribution in [3.05, 3.63) is 12.2 Å². The molecule has 1 saturated heterocycles. The number of allylic oxidation sites excluding steroid dienone is 2. The van der Waals surface area contributed by atoms with Gasteiger partial charge in [-0.25, -0.2) is 4.79 Å². The molecule has 2 atom stereocenters. The number of hydrogen-bond acceptors (Lipinski definition) is 3. The second-order valence-electron chi connectivity index (χ2n) is 4.49. The molecule has 94 valence electrons. The number of morpholine rings is 1. The highest BCUT2D eigenvalue weighted by Crippen LogP contribution is 2.22. The first-order valence-corrected chi connectivity index (χ1v) is 5.95. The number of carbonyl (C=O) groups excluding carboxylic acids is 1. The Morgan fingerprint density at radius 2 is 2.29 bits per heavy atom. The fourth-order valence-corrected chi connectivity index (χ4v) is 2.31. The highest BCUT2D eigenvalue weighted by molar-refractivity contribution is 5.84. The van der Waals surface area contributed by atoms with Crippen molar-refractivity contribution in [1.29, 1.82) is 0 Å². The van der Waals surface area contributed by atoms with Crippen LogP contribution in [0.15, 0.2) is 12.2 Å². The first-order valence-electron chi connectivity index (χ1n) is 5.95. The number of hydrogen-bond donors (Lipinski definition) is 1. The van der Waals surface area contributed by atoms with E-state index >= 15 is 0 Å². The summed E-state index contributed by atoms with van der Waals surface area (Å²) in [5.41, 5.74) is 0. The van der Waals surface area contributed by atoms with Gasteiger partial charge in [-0.2, -0.15) is 0 Å². The highest BCUT2D eigenvalue weighted by atomic mass is 16.5. The van der Waals surface area contributed by atoms with Crippen LogP contribution in [0.5, 0.6) is 0 Å². The number of ether oxygens (including phenoxy) is 1. The second kappa shape index (κ2) is 5.31. The van der Waals surface area contributed by atoms with Crippen molar-refractivity contribution in [2.75, 3.05) is 19.8 Å². The van der Waals surface area contributed by atoms with Gasteiger partial charge in [0, 0.05) is 13.0 Å². The Balaban J connectivity index is 1.95. The van der Waals surface area contributed by atoms with E-state index in [1.165, 1.54) is 4.90 Å². The van der Waals surface area contributed by atoms with Crippen LogP contribution in [0, 0.1) is 5.92 Å². The number of amides is 1. The van der Waals surface area contributed by atoms with Gasteiger partial charge in [0.1, 0.15) is 0 Å². The molecule has 1 fully saturated rings. The molecule has 0 radical (unpaired) electrons. The Hall–Kier alpha value is -1.36. The number of aliphatic carboxylic acids is 1. The topological polar surface area (TPSA) is 66.8 Å². The number of rotatable bonds is 3. The average molecular weight is 239 g/mol. The third-order valence-electron chi connectivity index (χ3n) is 3.28. The van der Waals surface area contributed by atoms with Gasteiger partial charge in [0.15, 0.2) is 6.04 Å². The molecule has 1 aliphatic carbocycles. The maximum Gasteiger partial charge on any atom is 0.328 e. The van der Waals surface area contributed by atoms with E-state index in [1.807, 2.05) is 6.08 Å². The van der Waals surface area contributed by atoms with Gasteiger partial charge < -0.3 is 14.7 Å². The van der Waals surface area contributed by atoms with Gasteiger partial charge in [0.2, 0.25) is 5.91 Å². The van der Waals surface area contributed by atoms with Crippen LogP contribution in [0.2, 0.25) is 0 Å². The molecular formula is C12H17NO4. The SMILES string of the molecule is O=C(O)C1COCCN1C(=O)CC1C=CCC1. The van der Waals surface area contributed by atoms with Gasteiger partial charge in [0.05, 0.1) is 13.2 Å². The molecule has 1 aliphatic heterocycles. The van der Waals surface area contributed by atoms with E-state index in [0.717, 1.165) is 12.8 Å². The molecule has 5 heteroatoms. The molecule has 2 rings (SSSR count). The molecule has 1 N–H and O–H groups in total. The minimum Gasteiger partial charge on any atom is -0.480 e. The Morgan fingerprint density at radius 3 is 2.94 bits per heavy atom. The molecule has 0 aromatic rings. The molecule has 2 unspecified atom stereocenters. The lowest BCUT2D eigenvalue weighted by molar-refractivity contribution is -0.158. The predicted octanol–water partition coefficient (Wildman–Crippen LogP) is 0.655. The Kier molecular flexibility index (Phi) is 3.78. The summed E-state index contributed by atoms with van der Waals surface area (Å²) in [5.74, 6) is -0.781. The minimum absolute atomic E-state index is 0.0720. The van der Waals surface area contributed by atoms with Crippen molar-refractivity contribution >= 4 is 11.9 Å². The Labute approximate surface area is 100 Å². The van der Waals surface area contributed by atoms with E-state index in [0.29, 0.717) is 19.6 Å². The smallest absolute Gasteiger partial charge is 0.328 e. The fourth-order valence-electron chi connectivity index (χ4n) is 2.31. The number of nitrogens with zero attached hydrogens (tertiary/aromatic N) is 1. The van der Waals surface area contributed by atoms with Crippen molar-refractivity contribution in [1.82, 2.24) is 4.90 Å². The predicted molar refractivity (Wildman–Crippen MR) is 60.4 cm³/mol. The zero-order valence-electron chi connectivity index (χ0n) is 9.67. The van der Waals surface area contributed by atoms with Crippen LogP contribution in [0.25, 0.3) is 0 Å². The van der Waals surface area contributed by atoms with Gasteiger partial charge in [-0.05, 0) is 18.8 Å². The minimum atomic E-state index is -0.986. The molecule has 0 spiro atoms. The van der Waals surface area contributed by atoms with Crippen LogP contribution >= 0.6 is 0 Å². The third-order valence-corrected chi connectivity index (χ3v) is 3.28. The van der Waals surface area contributed by atoms with Crippen molar-refractivity contribution in [2.45, 2.75) is 25.3 Å². The standard InChI is InChI=1S/C12H17NO4/c14-11(7-9-3-1-2-4-9)13-5-6-17-8-10(13)12(15)16/h1,3,9-10H,2,4-8H2,(H,15,16). The van der Waals surface area contributed by atoms with Gasteiger partial charge in [0.25, 0.3) is 0 Å². The van der Waals surface area contributed by atoms with Crippen molar-refractivity contribution in [2.24, 2.45) is 5.92 Å². The number of carbonyl (C=O) groups is 2. The van der Waals surface area contributed by atoms with Crippen LogP contribution in [-0.2, 0) is 14.3 Å². The van der Waals surface area contributed by atoms with Crippen molar-refractivity contribution in [3.8, 4) is 0 Å². The van der Waals surface area contributed by atoms with E-state index < -0.39 is 12.0 Å². The zero-order chi connectivity index (χ0) is 12.3. The van der Waals surface area contributed by atoms with E-state index in [-0.39, 0.29) is 18.4 Å². The summed E-state index contributed by atoms with van der Waals surface area (Å²) in [6.07, 6.45) is 6.55. The molecule has 0 bridgehead atoms. The van der Waals surface area contributed by atoms with Crippen LogP contribution in [0.4, 0.5) is 0 Å². The van der Waals surface area contributed by atoms with E-state index in [4.69, 9.17) is 9.84 Å². The number of carboxylic acids is 1. The Morgan fingerprint density at radius 1 is 1.47 bits per heavy atom. The summed E-state index contributed by atoms with van der Waals surface area (Å²) >= 11 is 0. The molecule has 1 amide bonds. The maximum atomic E-state index is 12.0. The Bertz CT molecular complexity index is 339.